The number of piperidine rings is 1. The Morgan fingerprint density at radius 2 is 2.22 bits per heavy atom. The maximum Gasteiger partial charge on any atom is 0.253 e. The van der Waals surface area contributed by atoms with E-state index in [0.717, 1.165) is 30.6 Å². The molecule has 1 unspecified atom stereocenters. The summed E-state index contributed by atoms with van der Waals surface area (Å²) >= 11 is 5.70. The first-order valence-electron chi connectivity index (χ1n) is 11.9. The number of carbonyl (C=O) groups is 1. The van der Waals surface area contributed by atoms with E-state index in [1.165, 1.54) is 0 Å². The molecule has 4 nitrogen and oxygen atoms in total. The average Bonchev–Trinajstić information content (AvgIpc) is 2.74. The van der Waals surface area contributed by atoms with Crippen LogP contribution in [0.4, 0.5) is 8.78 Å². The van der Waals surface area contributed by atoms with Crippen molar-refractivity contribution < 1.29 is 23.2 Å². The van der Waals surface area contributed by atoms with Gasteiger partial charge in [0.05, 0.1) is 5.02 Å². The number of hydrogen-bond donors (Lipinski definition) is 0. The van der Waals surface area contributed by atoms with E-state index in [1.54, 1.807) is 0 Å². The third-order valence-corrected chi connectivity index (χ3v) is 4.53. The molecule has 0 spiro atoms. The topological polar surface area (TPSA) is 46.1 Å². The third kappa shape index (κ3) is 5.01. The zero-order valence-corrected chi connectivity index (χ0v) is 15.1. The molecule has 0 N–H and O–H groups in total. The van der Waals surface area contributed by atoms with Gasteiger partial charge in [0.2, 0.25) is 0 Å². The Balaban J connectivity index is 1.72. The van der Waals surface area contributed by atoms with Gasteiger partial charge in [-0.3, -0.25) is 4.79 Å². The highest BCUT2D eigenvalue weighted by molar-refractivity contribution is 6.31. The highest BCUT2D eigenvalue weighted by Crippen LogP contribution is 2.32. The molecule has 7 heteroatoms. The Morgan fingerprint density at radius 3 is 2.93 bits per heavy atom. The first-order chi connectivity index (χ1) is 15.6. The lowest BCUT2D eigenvalue weighted by atomic mass is 9.88. The Bertz CT molecular complexity index is 1070. The zero-order chi connectivity index (χ0) is 25.5. The molecular formula is C20H22ClF2N3O. The van der Waals surface area contributed by atoms with E-state index in [9.17, 15) is 9.18 Å². The minimum absolute atomic E-state index is 0.0396. The predicted octanol–water partition coefficient (Wildman–Crippen LogP) is 4.54. The Labute approximate surface area is 172 Å². The molecule has 1 aromatic heterocycles. The molecule has 0 aliphatic carbocycles. The van der Waals surface area contributed by atoms with Crippen LogP contribution in [0.25, 0.3) is 0 Å². The van der Waals surface area contributed by atoms with Gasteiger partial charge in [0.15, 0.2) is 0 Å². The van der Waals surface area contributed by atoms with Gasteiger partial charge < -0.3 is 4.90 Å². The van der Waals surface area contributed by atoms with Crippen molar-refractivity contribution in [2.24, 2.45) is 0 Å². The van der Waals surface area contributed by atoms with Gasteiger partial charge in [0.1, 0.15) is 17.3 Å². The van der Waals surface area contributed by atoms with E-state index < -0.39 is 50.1 Å². The normalized spacial score (nSPS) is 28.0. The van der Waals surface area contributed by atoms with Crippen molar-refractivity contribution in [3.8, 4) is 0 Å². The highest BCUT2D eigenvalue weighted by Gasteiger charge is 2.35. The van der Waals surface area contributed by atoms with Crippen molar-refractivity contribution in [3.63, 3.8) is 0 Å². The number of halogens is 3. The number of aromatic nitrogens is 2. The summed E-state index contributed by atoms with van der Waals surface area (Å²) in [5, 5.41) is -0.347. The number of nitrogens with zero attached hydrogens (tertiary/aromatic N) is 3. The Hall–Kier alpha value is -2.08. The summed E-state index contributed by atoms with van der Waals surface area (Å²) < 4.78 is 84.2. The van der Waals surface area contributed by atoms with Crippen LogP contribution in [-0.4, -0.2) is 39.5 Å². The fourth-order valence-electron chi connectivity index (χ4n) is 2.71. The number of alkyl halides is 1. The molecule has 3 rings (SSSR count). The van der Waals surface area contributed by atoms with Crippen molar-refractivity contribution in [1.82, 2.24) is 14.9 Å². The first-order valence-corrected chi connectivity index (χ1v) is 8.75. The van der Waals surface area contributed by atoms with Crippen LogP contribution in [0.15, 0.2) is 30.6 Å². The molecule has 0 radical (unpaired) electrons. The largest absolute Gasteiger partial charge is 0.338 e. The van der Waals surface area contributed by atoms with Crippen molar-refractivity contribution in [1.29, 1.82) is 0 Å². The van der Waals surface area contributed by atoms with Crippen LogP contribution in [0, 0.1) is 12.7 Å². The Morgan fingerprint density at radius 1 is 1.44 bits per heavy atom. The molecule has 1 saturated heterocycles. The van der Waals surface area contributed by atoms with Gasteiger partial charge in [0, 0.05) is 47.0 Å². The van der Waals surface area contributed by atoms with E-state index in [4.69, 9.17) is 21.2 Å². The third-order valence-electron chi connectivity index (χ3n) is 4.24. The van der Waals surface area contributed by atoms with Gasteiger partial charge in [-0.1, -0.05) is 11.6 Å². The second-order valence-corrected chi connectivity index (χ2v) is 6.69. The summed E-state index contributed by atoms with van der Waals surface area (Å²) in [5.74, 6) is -1.45. The van der Waals surface area contributed by atoms with E-state index in [1.807, 2.05) is 0 Å². The summed E-state index contributed by atoms with van der Waals surface area (Å²) in [5.41, 5.74) is -2.77. The monoisotopic (exact) mass is 400 g/mol. The smallest absolute Gasteiger partial charge is 0.253 e. The molecule has 1 amide bonds. The molecule has 1 atom stereocenters. The van der Waals surface area contributed by atoms with Crippen molar-refractivity contribution in [2.45, 2.75) is 44.6 Å². The Kier molecular flexibility index (Phi) is 3.81. The number of amides is 1. The molecular weight excluding hydrogens is 372 g/mol. The molecule has 144 valence electrons. The highest BCUT2D eigenvalue weighted by atomic mass is 35.5. The van der Waals surface area contributed by atoms with Crippen molar-refractivity contribution >= 4 is 17.5 Å². The minimum Gasteiger partial charge on any atom is -0.338 e. The molecule has 1 fully saturated rings. The lowest BCUT2D eigenvalue weighted by Gasteiger charge is -2.36. The summed E-state index contributed by atoms with van der Waals surface area (Å²) in [4.78, 5) is 21.3. The summed E-state index contributed by atoms with van der Waals surface area (Å²) in [6.07, 6.45) is -1.38. The lowest BCUT2D eigenvalue weighted by Crippen LogP contribution is -2.44. The summed E-state index contributed by atoms with van der Waals surface area (Å²) in [6.45, 7) is -5.76. The van der Waals surface area contributed by atoms with E-state index in [-0.39, 0.29) is 41.2 Å². The SMILES string of the molecule is [2H]C([2H])([2H])c1cnc(CCCC2(F)CCN(C(=O)c3ccc(F)c(Cl)c3)C([2H])([2H])C2([2H])[2H])nc1. The number of rotatable bonds is 5. The molecule has 2 aromatic rings. The number of hydrogen-bond acceptors (Lipinski definition) is 3. The number of likely N-dealkylation sites (tertiary alicyclic amines) is 1. The number of carbonyl (C=O) groups excluding carboxylic acids is 1. The van der Waals surface area contributed by atoms with Crippen molar-refractivity contribution in [2.75, 3.05) is 13.0 Å². The molecule has 1 aliphatic heterocycles. The quantitative estimate of drug-likeness (QED) is 0.739. The molecule has 1 aliphatic rings. The maximum absolute atomic E-state index is 15.8. The van der Waals surface area contributed by atoms with Gasteiger partial charge in [-0.2, -0.15) is 0 Å². The van der Waals surface area contributed by atoms with Crippen LogP contribution in [0.5, 0.6) is 0 Å². The molecule has 2 heterocycles. The van der Waals surface area contributed by atoms with Crippen LogP contribution in [0.3, 0.4) is 0 Å². The van der Waals surface area contributed by atoms with Crippen LogP contribution in [0.1, 0.15) is 57.0 Å². The zero-order valence-electron chi connectivity index (χ0n) is 21.3. The second-order valence-electron chi connectivity index (χ2n) is 6.28. The molecule has 27 heavy (non-hydrogen) atoms. The minimum atomic E-state index is -3.07. The first kappa shape index (κ1) is 12.4. The fraction of sp³-hybridized carbons (Fsp3) is 0.450. The summed E-state index contributed by atoms with van der Waals surface area (Å²) in [7, 11) is 0. The van der Waals surface area contributed by atoms with Crippen LogP contribution in [0.2, 0.25) is 5.02 Å². The number of benzene rings is 1. The van der Waals surface area contributed by atoms with Gasteiger partial charge in [-0.05, 0) is 56.2 Å². The standard InChI is InChI=1S/C20H22ClF2N3O/c1-14-12-24-18(25-13-14)3-2-6-20(23)7-9-26(10-8-20)19(27)15-4-5-17(22)16(21)11-15/h4-5,11-13H,2-3,6-10H2,1H3/i1D3,7D2,9D2. The fourth-order valence-corrected chi connectivity index (χ4v) is 2.89. The van der Waals surface area contributed by atoms with E-state index in [2.05, 4.69) is 9.97 Å². The predicted molar refractivity (Wildman–Crippen MR) is 100 cm³/mol. The van der Waals surface area contributed by atoms with Gasteiger partial charge in [-0.25, -0.2) is 18.7 Å². The van der Waals surface area contributed by atoms with Crippen LogP contribution < -0.4 is 0 Å². The van der Waals surface area contributed by atoms with Crippen LogP contribution >= 0.6 is 11.6 Å². The summed E-state index contributed by atoms with van der Waals surface area (Å²) in [6, 6.07) is 3.06. The van der Waals surface area contributed by atoms with Gasteiger partial charge in [-0.15, -0.1) is 0 Å². The molecule has 1 aromatic carbocycles. The lowest BCUT2D eigenvalue weighted by molar-refractivity contribution is 0.0389. The van der Waals surface area contributed by atoms with Crippen LogP contribution in [-0.2, 0) is 6.42 Å². The molecule has 0 saturated carbocycles. The van der Waals surface area contributed by atoms with Gasteiger partial charge >= 0.3 is 0 Å². The van der Waals surface area contributed by atoms with Crippen molar-refractivity contribution in [3.05, 3.63) is 58.4 Å². The molecule has 0 bridgehead atoms. The maximum atomic E-state index is 15.8. The van der Waals surface area contributed by atoms with Gasteiger partial charge in [0.25, 0.3) is 5.91 Å². The van der Waals surface area contributed by atoms with E-state index >= 15 is 4.39 Å². The second kappa shape index (κ2) is 8.30. The van der Waals surface area contributed by atoms with E-state index in [0.29, 0.717) is 4.90 Å². The number of aryl methyl sites for hydroxylation is 2. The average molecular weight is 401 g/mol.